The van der Waals surface area contributed by atoms with Crippen molar-refractivity contribution in [2.75, 3.05) is 157 Å². The molecule has 4 rings (SSSR count). The Morgan fingerprint density at radius 3 is 1.45 bits per heavy atom. The molecule has 20 nitrogen and oxygen atoms in total. The number of benzene rings is 2. The molecule has 1 atom stereocenters. The SMILES string of the molecule is CCCCCCCCCc1ccc(OCCOCCOCCOCCOCCOCCOCCOCCOCCOCCOCCOCCCCCC(=O)Nc2cccc3c2C(=O)N(C2CCC(=O)NC2=O)C3=O)cc1. The third-order valence-corrected chi connectivity index (χ3v) is 12.1. The van der Waals surface area contributed by atoms with E-state index in [-0.39, 0.29) is 42.0 Å². The average molecular weight is 1070 g/mol. The number of fused-ring (bicyclic) bond motifs is 1. The summed E-state index contributed by atoms with van der Waals surface area (Å²) >= 11 is 0. The summed E-state index contributed by atoms with van der Waals surface area (Å²) in [5.41, 5.74) is 1.75. The molecule has 2 aliphatic rings. The van der Waals surface area contributed by atoms with Crippen molar-refractivity contribution in [2.24, 2.45) is 0 Å². The van der Waals surface area contributed by atoms with Gasteiger partial charge in [0, 0.05) is 19.4 Å². The van der Waals surface area contributed by atoms with Gasteiger partial charge in [0.15, 0.2) is 0 Å². The van der Waals surface area contributed by atoms with Crippen LogP contribution in [0.25, 0.3) is 0 Å². The molecule has 2 aromatic carbocycles. The Hall–Kier alpha value is -4.45. The molecule has 2 aliphatic heterocycles. The van der Waals surface area contributed by atoms with Crippen molar-refractivity contribution in [2.45, 2.75) is 103 Å². The fourth-order valence-corrected chi connectivity index (χ4v) is 8.06. The van der Waals surface area contributed by atoms with Crippen LogP contribution in [0.5, 0.6) is 5.75 Å². The summed E-state index contributed by atoms with van der Waals surface area (Å²) in [6.45, 7) is 13.3. The van der Waals surface area contributed by atoms with Crippen LogP contribution in [0.3, 0.4) is 0 Å². The Labute approximate surface area is 450 Å². The number of piperidine rings is 1. The van der Waals surface area contributed by atoms with Crippen LogP contribution in [0.1, 0.15) is 117 Å². The van der Waals surface area contributed by atoms with Gasteiger partial charge in [-0.3, -0.25) is 34.2 Å². The quantitative estimate of drug-likeness (QED) is 0.0561. The highest BCUT2D eigenvalue weighted by molar-refractivity contribution is 6.26. The maximum atomic E-state index is 13.2. The minimum absolute atomic E-state index is 0.0261. The zero-order valence-corrected chi connectivity index (χ0v) is 45.2. The Morgan fingerprint density at radius 2 is 0.961 bits per heavy atom. The minimum Gasteiger partial charge on any atom is -0.491 e. The molecule has 0 spiro atoms. The second-order valence-electron chi connectivity index (χ2n) is 18.1. The van der Waals surface area contributed by atoms with Crippen LogP contribution in [-0.4, -0.2) is 192 Å². The van der Waals surface area contributed by atoms with Crippen LogP contribution >= 0.6 is 0 Å². The predicted molar refractivity (Wildman–Crippen MR) is 283 cm³/mol. The first kappa shape index (κ1) is 64.1. The van der Waals surface area contributed by atoms with Crippen molar-refractivity contribution in [1.29, 1.82) is 0 Å². The molecule has 1 fully saturated rings. The van der Waals surface area contributed by atoms with E-state index in [2.05, 4.69) is 29.7 Å². The molecule has 0 bridgehead atoms. The number of hydrogen-bond acceptors (Lipinski definition) is 17. The monoisotopic (exact) mass is 1070 g/mol. The fraction of sp³-hybridized carbons (Fsp3) is 0.696. The number of ether oxygens (including phenoxy) is 12. The van der Waals surface area contributed by atoms with E-state index in [1.165, 1.54) is 56.6 Å². The molecule has 2 N–H and O–H groups in total. The number of unbranched alkanes of at least 4 members (excludes halogenated alkanes) is 8. The highest BCUT2D eigenvalue weighted by Gasteiger charge is 2.45. The summed E-state index contributed by atoms with van der Waals surface area (Å²) in [4.78, 5) is 63.7. The van der Waals surface area contributed by atoms with Gasteiger partial charge < -0.3 is 62.2 Å². The maximum Gasteiger partial charge on any atom is 0.264 e. The molecule has 2 heterocycles. The van der Waals surface area contributed by atoms with E-state index in [9.17, 15) is 24.0 Å². The Morgan fingerprint density at radius 1 is 0.513 bits per heavy atom. The number of nitrogens with zero attached hydrogens (tertiary/aromatic N) is 1. The van der Waals surface area contributed by atoms with Crippen molar-refractivity contribution >= 4 is 35.2 Å². The molecule has 0 saturated carbocycles. The standard InChI is InChI=1S/C56H87N3O17/c1-2-3-4-5-6-7-9-13-46-17-19-47(20-18-46)76-45-44-75-43-42-74-41-40-73-39-38-72-37-36-71-35-34-70-33-32-69-31-30-68-29-28-67-27-26-66-25-24-65-23-11-8-10-16-51(60)57-49-15-12-14-48-53(49)56(64)59(55(48)63)50-21-22-52(61)58-54(50)62/h12,14-15,17-20,50H,2-11,13,16,21-45H2,1H3,(H,57,60)(H,58,61,62). The second kappa shape index (κ2) is 42.6. The molecule has 428 valence electrons. The number of amides is 5. The first-order valence-electron chi connectivity index (χ1n) is 27.6. The Bertz CT molecular complexity index is 1890. The summed E-state index contributed by atoms with van der Waals surface area (Å²) in [6.07, 6.45) is 12.9. The number of nitrogens with one attached hydrogen (secondary N) is 2. The molecule has 5 amide bonds. The van der Waals surface area contributed by atoms with E-state index in [0.717, 1.165) is 29.9 Å². The van der Waals surface area contributed by atoms with E-state index >= 15 is 0 Å². The summed E-state index contributed by atoms with van der Waals surface area (Å²) < 4.78 is 66.9. The van der Waals surface area contributed by atoms with Gasteiger partial charge in [0.05, 0.1) is 156 Å². The lowest BCUT2D eigenvalue weighted by Gasteiger charge is -2.27. The van der Waals surface area contributed by atoms with Gasteiger partial charge in [-0.2, -0.15) is 0 Å². The third-order valence-electron chi connectivity index (χ3n) is 12.1. The highest BCUT2D eigenvalue weighted by atomic mass is 16.6. The Balaban J connectivity index is 0.779. The van der Waals surface area contributed by atoms with E-state index in [1.54, 1.807) is 12.1 Å². The van der Waals surface area contributed by atoms with Crippen molar-refractivity contribution in [3.05, 3.63) is 59.2 Å². The Kier molecular flexibility index (Phi) is 35.9. The third kappa shape index (κ3) is 28.3. The van der Waals surface area contributed by atoms with Gasteiger partial charge in [-0.25, -0.2) is 0 Å². The zero-order valence-electron chi connectivity index (χ0n) is 45.2. The zero-order chi connectivity index (χ0) is 53.9. The average Bonchev–Trinajstić information content (AvgIpc) is 3.70. The van der Waals surface area contributed by atoms with Gasteiger partial charge in [0.1, 0.15) is 18.4 Å². The molecule has 20 heteroatoms. The van der Waals surface area contributed by atoms with Crippen LogP contribution in [0.2, 0.25) is 0 Å². The lowest BCUT2D eigenvalue weighted by atomic mass is 10.0. The predicted octanol–water partition coefficient (Wildman–Crippen LogP) is 6.14. The number of aryl methyl sites for hydroxylation is 1. The highest BCUT2D eigenvalue weighted by Crippen LogP contribution is 2.32. The molecule has 0 aromatic heterocycles. The van der Waals surface area contributed by atoms with Crippen molar-refractivity contribution in [3.8, 4) is 5.75 Å². The summed E-state index contributed by atoms with van der Waals surface area (Å²) in [5, 5.41) is 4.92. The van der Waals surface area contributed by atoms with Crippen molar-refractivity contribution in [3.63, 3.8) is 0 Å². The van der Waals surface area contributed by atoms with Gasteiger partial charge >= 0.3 is 0 Å². The van der Waals surface area contributed by atoms with Crippen molar-refractivity contribution < 1.29 is 80.8 Å². The normalized spacial score (nSPS) is 14.4. The van der Waals surface area contributed by atoms with Gasteiger partial charge in [-0.05, 0) is 61.9 Å². The van der Waals surface area contributed by atoms with Crippen molar-refractivity contribution in [1.82, 2.24) is 10.2 Å². The summed E-state index contributed by atoms with van der Waals surface area (Å²) in [5.74, 6) is -1.85. The summed E-state index contributed by atoms with van der Waals surface area (Å²) in [6, 6.07) is 12.0. The number of carbonyl (C=O) groups is 5. The molecule has 76 heavy (non-hydrogen) atoms. The van der Waals surface area contributed by atoms with Crippen LogP contribution in [-0.2, 0) is 72.9 Å². The molecule has 1 unspecified atom stereocenters. The molecular formula is C56H87N3O17. The number of hydrogen-bond donors (Lipinski definition) is 2. The number of carbonyl (C=O) groups excluding carboxylic acids is 5. The molecule has 2 aromatic rings. The van der Waals surface area contributed by atoms with Gasteiger partial charge in [-0.1, -0.05) is 70.1 Å². The number of anilines is 1. The van der Waals surface area contributed by atoms with Crippen LogP contribution in [0.15, 0.2) is 42.5 Å². The largest absolute Gasteiger partial charge is 0.491 e. The van der Waals surface area contributed by atoms with E-state index in [0.29, 0.717) is 158 Å². The van der Waals surface area contributed by atoms with E-state index < -0.39 is 29.7 Å². The molecule has 0 radical (unpaired) electrons. The smallest absolute Gasteiger partial charge is 0.264 e. The first-order valence-corrected chi connectivity index (χ1v) is 27.6. The maximum absolute atomic E-state index is 13.2. The molecule has 1 saturated heterocycles. The lowest BCUT2D eigenvalue weighted by molar-refractivity contribution is -0.136. The van der Waals surface area contributed by atoms with Crippen LogP contribution in [0.4, 0.5) is 5.69 Å². The molecule has 0 aliphatic carbocycles. The van der Waals surface area contributed by atoms with Gasteiger partial charge in [-0.15, -0.1) is 0 Å². The number of rotatable bonds is 50. The fourth-order valence-electron chi connectivity index (χ4n) is 8.06. The summed E-state index contributed by atoms with van der Waals surface area (Å²) in [7, 11) is 0. The van der Waals surface area contributed by atoms with Gasteiger partial charge in [0.25, 0.3) is 11.8 Å². The van der Waals surface area contributed by atoms with E-state index in [1.807, 2.05) is 12.1 Å². The van der Waals surface area contributed by atoms with Crippen LogP contribution < -0.4 is 15.4 Å². The topological polar surface area (TPSA) is 223 Å². The second-order valence-corrected chi connectivity index (χ2v) is 18.1. The number of imide groups is 2. The first-order chi connectivity index (χ1) is 37.4. The lowest BCUT2D eigenvalue weighted by Crippen LogP contribution is -2.54. The van der Waals surface area contributed by atoms with Gasteiger partial charge in [0.2, 0.25) is 17.7 Å². The minimum atomic E-state index is -1.08. The van der Waals surface area contributed by atoms with E-state index in [4.69, 9.17) is 56.8 Å². The van der Waals surface area contributed by atoms with Crippen LogP contribution in [0, 0.1) is 0 Å². The molecular weight excluding hydrogens is 987 g/mol.